The number of benzene rings is 1. The van der Waals surface area contributed by atoms with Gasteiger partial charge in [0, 0.05) is 34.2 Å². The Balaban J connectivity index is 1.50. The second-order valence-corrected chi connectivity index (χ2v) is 10.6. The second-order valence-electron chi connectivity index (χ2n) is 10.6. The molecule has 33 heavy (non-hydrogen) atoms. The highest BCUT2D eigenvalue weighted by Crippen LogP contribution is 2.52. The van der Waals surface area contributed by atoms with Crippen LogP contribution < -0.4 is 5.73 Å². The summed E-state index contributed by atoms with van der Waals surface area (Å²) in [4.78, 5) is 9.82. The van der Waals surface area contributed by atoms with Crippen LogP contribution in [0, 0.1) is 12.3 Å². The highest BCUT2D eigenvalue weighted by Gasteiger charge is 2.47. The van der Waals surface area contributed by atoms with Gasteiger partial charge in [-0.2, -0.15) is 9.61 Å². The molecule has 6 rings (SSSR count). The summed E-state index contributed by atoms with van der Waals surface area (Å²) >= 11 is 0. The molecule has 4 aromatic rings. The molecule has 1 atom stereocenters. The largest absolute Gasteiger partial charge is 0.321 e. The lowest BCUT2D eigenvalue weighted by Crippen LogP contribution is -2.53. The van der Waals surface area contributed by atoms with Gasteiger partial charge in [-0.1, -0.05) is 62.4 Å². The number of aryl methyl sites for hydroxylation is 1. The van der Waals surface area contributed by atoms with E-state index in [9.17, 15) is 0 Å². The Morgan fingerprint density at radius 3 is 2.52 bits per heavy atom. The van der Waals surface area contributed by atoms with Crippen LogP contribution in [0.2, 0.25) is 0 Å². The normalized spacial score (nSPS) is 20.9. The van der Waals surface area contributed by atoms with E-state index in [1.54, 1.807) is 0 Å². The molecule has 0 radical (unpaired) electrons. The lowest BCUT2D eigenvalue weighted by Gasteiger charge is -2.51. The van der Waals surface area contributed by atoms with Gasteiger partial charge in [0.25, 0.3) is 0 Å². The van der Waals surface area contributed by atoms with E-state index < -0.39 is 0 Å². The maximum absolute atomic E-state index is 6.72. The molecule has 3 aromatic heterocycles. The summed E-state index contributed by atoms with van der Waals surface area (Å²) in [5, 5.41) is 5.55. The van der Waals surface area contributed by atoms with Gasteiger partial charge >= 0.3 is 0 Å². The first kappa shape index (κ1) is 20.3. The van der Waals surface area contributed by atoms with Crippen molar-refractivity contribution in [3.63, 3.8) is 0 Å². The van der Waals surface area contributed by atoms with E-state index in [-0.39, 0.29) is 11.5 Å². The molecule has 0 saturated heterocycles. The Morgan fingerprint density at radius 1 is 1.03 bits per heavy atom. The Hall–Kier alpha value is -3.31. The molecule has 0 aliphatic heterocycles. The minimum absolute atomic E-state index is 0.219. The van der Waals surface area contributed by atoms with Crippen molar-refractivity contribution in [2.24, 2.45) is 11.1 Å². The van der Waals surface area contributed by atoms with E-state index in [2.05, 4.69) is 78.6 Å². The van der Waals surface area contributed by atoms with Crippen molar-refractivity contribution >= 4 is 16.7 Å². The average Bonchev–Trinajstić information content (AvgIpc) is 3.18. The zero-order valence-corrected chi connectivity index (χ0v) is 19.4. The smallest absolute Gasteiger partial charge is 0.165 e. The second kappa shape index (κ2) is 7.09. The van der Waals surface area contributed by atoms with Gasteiger partial charge in [-0.05, 0) is 48.8 Å². The van der Waals surface area contributed by atoms with Crippen LogP contribution in [-0.4, -0.2) is 19.6 Å². The molecular formula is C28H29N5. The third-order valence-electron chi connectivity index (χ3n) is 7.21. The van der Waals surface area contributed by atoms with E-state index in [1.165, 1.54) is 11.1 Å². The predicted octanol–water partition coefficient (Wildman–Crippen LogP) is 5.83. The van der Waals surface area contributed by atoms with Gasteiger partial charge in [0.1, 0.15) is 0 Å². The molecule has 2 aliphatic carbocycles. The lowest BCUT2D eigenvalue weighted by molar-refractivity contribution is 0.0618. The molecule has 1 aromatic carbocycles. The number of aromatic nitrogens is 4. The predicted molar refractivity (Wildman–Crippen MR) is 133 cm³/mol. The van der Waals surface area contributed by atoms with Crippen LogP contribution in [0.3, 0.4) is 0 Å². The SMILES string of the molecule is Cc1cnn2c1ncc1cc(C3C=CC=CC3)c(-c3ccc(C4(N)CC(C)(C)C4)cc3)nc12. The van der Waals surface area contributed by atoms with Gasteiger partial charge in [-0.3, -0.25) is 0 Å². The molecule has 0 bridgehead atoms. The van der Waals surface area contributed by atoms with Crippen molar-refractivity contribution < 1.29 is 0 Å². The molecule has 1 unspecified atom stereocenters. The summed E-state index contributed by atoms with van der Waals surface area (Å²) in [6, 6.07) is 11.0. The molecular weight excluding hydrogens is 406 g/mol. The van der Waals surface area contributed by atoms with Crippen LogP contribution in [0.15, 0.2) is 67.0 Å². The van der Waals surface area contributed by atoms with Crippen molar-refractivity contribution in [2.75, 3.05) is 0 Å². The van der Waals surface area contributed by atoms with Gasteiger partial charge in [0.05, 0.1) is 11.9 Å². The van der Waals surface area contributed by atoms with Gasteiger partial charge in [-0.15, -0.1) is 0 Å². The van der Waals surface area contributed by atoms with E-state index in [0.717, 1.165) is 52.8 Å². The Labute approximate surface area is 194 Å². The van der Waals surface area contributed by atoms with Crippen molar-refractivity contribution in [3.8, 4) is 11.3 Å². The average molecular weight is 436 g/mol. The molecule has 0 spiro atoms. The number of nitrogens with two attached hydrogens (primary N) is 1. The van der Waals surface area contributed by atoms with Crippen LogP contribution in [0.4, 0.5) is 0 Å². The molecule has 3 heterocycles. The number of hydrogen-bond donors (Lipinski definition) is 1. The number of nitrogens with zero attached hydrogens (tertiary/aromatic N) is 4. The van der Waals surface area contributed by atoms with Crippen LogP contribution in [0.25, 0.3) is 27.9 Å². The topological polar surface area (TPSA) is 69.1 Å². The summed E-state index contributed by atoms with van der Waals surface area (Å²) < 4.78 is 1.86. The summed E-state index contributed by atoms with van der Waals surface area (Å²) in [7, 11) is 0. The summed E-state index contributed by atoms with van der Waals surface area (Å²) in [6.45, 7) is 6.60. The third-order valence-corrected chi connectivity index (χ3v) is 7.21. The Morgan fingerprint density at radius 2 is 1.82 bits per heavy atom. The molecule has 166 valence electrons. The minimum Gasteiger partial charge on any atom is -0.321 e. The van der Waals surface area contributed by atoms with Crippen LogP contribution in [0.1, 0.15) is 55.7 Å². The molecule has 1 fully saturated rings. The van der Waals surface area contributed by atoms with Gasteiger partial charge in [0.2, 0.25) is 0 Å². The zero-order chi connectivity index (χ0) is 22.8. The van der Waals surface area contributed by atoms with E-state index in [4.69, 9.17) is 10.7 Å². The van der Waals surface area contributed by atoms with Gasteiger partial charge in [0.15, 0.2) is 11.3 Å². The molecule has 1 saturated carbocycles. The minimum atomic E-state index is -0.219. The summed E-state index contributed by atoms with van der Waals surface area (Å²) in [5.41, 5.74) is 14.1. The standard InChI is InChI=1S/C28H29N5/c1-18-14-31-33-25(18)30-15-21-13-23(19-7-5-4-6-8-19)24(32-26(21)33)20-9-11-22(12-10-20)28(29)16-27(2,3)17-28/h4-7,9-15,19H,8,16-17,29H2,1-3H3. The molecule has 2 N–H and O–H groups in total. The highest BCUT2D eigenvalue weighted by molar-refractivity contribution is 5.82. The van der Waals surface area contributed by atoms with Gasteiger partial charge < -0.3 is 5.73 Å². The van der Waals surface area contributed by atoms with Crippen LogP contribution >= 0.6 is 0 Å². The number of fused-ring (bicyclic) bond motifs is 3. The fourth-order valence-corrected chi connectivity index (χ4v) is 5.81. The number of pyridine rings is 1. The number of rotatable bonds is 3. The Bertz CT molecular complexity index is 1430. The third kappa shape index (κ3) is 3.30. The van der Waals surface area contributed by atoms with E-state index in [1.807, 2.05) is 23.8 Å². The van der Waals surface area contributed by atoms with Crippen molar-refractivity contribution in [1.82, 2.24) is 19.6 Å². The highest BCUT2D eigenvalue weighted by atomic mass is 15.3. The van der Waals surface area contributed by atoms with Gasteiger partial charge in [-0.25, -0.2) is 9.97 Å². The molecule has 5 heteroatoms. The van der Waals surface area contributed by atoms with E-state index >= 15 is 0 Å². The first-order valence-corrected chi connectivity index (χ1v) is 11.7. The maximum Gasteiger partial charge on any atom is 0.165 e. The molecule has 5 nitrogen and oxygen atoms in total. The summed E-state index contributed by atoms with van der Waals surface area (Å²) in [5.74, 6) is 0.282. The Kier molecular flexibility index (Phi) is 4.36. The van der Waals surface area contributed by atoms with Crippen LogP contribution in [0.5, 0.6) is 0 Å². The summed E-state index contributed by atoms with van der Waals surface area (Å²) in [6.07, 6.45) is 15.5. The molecule has 2 aliphatic rings. The number of hydrogen-bond acceptors (Lipinski definition) is 4. The first-order chi connectivity index (χ1) is 15.8. The van der Waals surface area contributed by atoms with Crippen molar-refractivity contribution in [3.05, 3.63) is 83.7 Å². The van der Waals surface area contributed by atoms with Crippen LogP contribution in [-0.2, 0) is 5.54 Å². The van der Waals surface area contributed by atoms with E-state index in [0.29, 0.717) is 5.41 Å². The number of allylic oxidation sites excluding steroid dienone is 4. The first-order valence-electron chi connectivity index (χ1n) is 11.7. The van der Waals surface area contributed by atoms with Crippen molar-refractivity contribution in [2.45, 2.75) is 51.5 Å². The quantitative estimate of drug-likeness (QED) is 0.440. The maximum atomic E-state index is 6.72. The zero-order valence-electron chi connectivity index (χ0n) is 19.4. The fourth-order valence-electron chi connectivity index (χ4n) is 5.81. The fraction of sp³-hybridized carbons (Fsp3) is 0.321. The monoisotopic (exact) mass is 435 g/mol. The molecule has 0 amide bonds. The van der Waals surface area contributed by atoms with Crippen molar-refractivity contribution in [1.29, 1.82) is 0 Å². The lowest BCUT2D eigenvalue weighted by atomic mass is 9.57.